The molecule has 0 aromatic heterocycles. The van der Waals surface area contributed by atoms with E-state index < -0.39 is 23.2 Å². The molecule has 0 unspecified atom stereocenters. The molecule has 0 amide bonds. The molecule has 3 nitrogen and oxygen atoms in total. The molecule has 0 aliphatic heterocycles. The van der Waals surface area contributed by atoms with Gasteiger partial charge in [0.05, 0.1) is 23.8 Å². The number of nitriles is 1. The Kier molecular flexibility index (Phi) is 4.84. The summed E-state index contributed by atoms with van der Waals surface area (Å²) in [6.45, 7) is 3.17. The average molecular weight is 289 g/mol. The first-order valence-corrected chi connectivity index (χ1v) is 6.07. The molecule has 19 heavy (non-hydrogen) atoms. The lowest BCUT2D eigenvalue weighted by molar-refractivity contribution is -0.0328. The number of hydrogen-bond acceptors (Lipinski definition) is 4. The van der Waals surface area contributed by atoms with Crippen LogP contribution in [-0.2, 0) is 4.74 Å². The molecule has 0 fully saturated rings. The number of halogens is 3. The maximum atomic E-state index is 12.4. The lowest BCUT2D eigenvalue weighted by Gasteiger charge is -2.12. The van der Waals surface area contributed by atoms with Crippen LogP contribution in [0.25, 0.3) is 0 Å². The van der Waals surface area contributed by atoms with Crippen molar-refractivity contribution in [1.29, 1.82) is 5.26 Å². The smallest absolute Gasteiger partial charge is 0.446 e. The second kappa shape index (κ2) is 5.97. The first kappa shape index (κ1) is 15.4. The summed E-state index contributed by atoms with van der Waals surface area (Å²) in [6, 6.07) is 4.08. The largest absolute Gasteiger partial charge is 0.462 e. The van der Waals surface area contributed by atoms with Crippen molar-refractivity contribution in [3.05, 3.63) is 28.8 Å². The molecule has 0 saturated carbocycles. The summed E-state index contributed by atoms with van der Waals surface area (Å²) in [5.41, 5.74) is -4.19. The maximum absolute atomic E-state index is 12.4. The summed E-state index contributed by atoms with van der Waals surface area (Å²) in [5, 5.41) is 8.82. The highest BCUT2D eigenvalue weighted by Gasteiger charge is 2.32. The van der Waals surface area contributed by atoms with E-state index in [1.54, 1.807) is 19.9 Å². The zero-order chi connectivity index (χ0) is 14.6. The van der Waals surface area contributed by atoms with Crippen molar-refractivity contribution in [2.75, 3.05) is 6.61 Å². The number of alkyl halides is 3. The van der Waals surface area contributed by atoms with E-state index in [0.29, 0.717) is 5.56 Å². The van der Waals surface area contributed by atoms with Crippen molar-refractivity contribution in [3.63, 3.8) is 0 Å². The summed E-state index contributed by atoms with van der Waals surface area (Å²) in [5.74, 6) is -0.832. The number of nitrogens with zero attached hydrogens (tertiary/aromatic N) is 1. The summed E-state index contributed by atoms with van der Waals surface area (Å²) in [6.07, 6.45) is 0. The van der Waals surface area contributed by atoms with Gasteiger partial charge < -0.3 is 4.74 Å². The standard InChI is InChI=1S/C12H10F3NO2S/c1-3-18-11(17)9-4-7(2)8(6-16)5-10(9)19-12(13,14)15/h4-5H,3H2,1-2H3. The molecular weight excluding hydrogens is 279 g/mol. The van der Waals surface area contributed by atoms with Gasteiger partial charge in [-0.2, -0.15) is 18.4 Å². The van der Waals surface area contributed by atoms with Gasteiger partial charge in [0.15, 0.2) is 0 Å². The van der Waals surface area contributed by atoms with E-state index >= 15 is 0 Å². The Morgan fingerprint density at radius 1 is 1.47 bits per heavy atom. The monoisotopic (exact) mass is 289 g/mol. The van der Waals surface area contributed by atoms with Crippen LogP contribution in [0.5, 0.6) is 0 Å². The lowest BCUT2D eigenvalue weighted by Crippen LogP contribution is -2.09. The molecular formula is C12H10F3NO2S. The van der Waals surface area contributed by atoms with Gasteiger partial charge in [-0.1, -0.05) is 0 Å². The van der Waals surface area contributed by atoms with Crippen LogP contribution in [-0.4, -0.2) is 18.1 Å². The van der Waals surface area contributed by atoms with Crippen LogP contribution in [0.15, 0.2) is 17.0 Å². The van der Waals surface area contributed by atoms with Gasteiger partial charge in [0.25, 0.3) is 0 Å². The maximum Gasteiger partial charge on any atom is 0.446 e. The third kappa shape index (κ3) is 4.17. The predicted molar refractivity (Wildman–Crippen MR) is 63.8 cm³/mol. The van der Waals surface area contributed by atoms with Gasteiger partial charge in [0, 0.05) is 4.90 Å². The van der Waals surface area contributed by atoms with E-state index in [1.807, 2.05) is 0 Å². The van der Waals surface area contributed by atoms with Crippen molar-refractivity contribution in [1.82, 2.24) is 0 Å². The topological polar surface area (TPSA) is 50.1 Å². The zero-order valence-corrected chi connectivity index (χ0v) is 11.0. The summed E-state index contributed by atoms with van der Waals surface area (Å²) < 4.78 is 42.0. The number of carbonyl (C=O) groups excluding carboxylic acids is 1. The minimum atomic E-state index is -4.54. The second-order valence-electron chi connectivity index (χ2n) is 3.54. The number of thioether (sulfide) groups is 1. The molecule has 1 rings (SSSR count). The van der Waals surface area contributed by atoms with Crippen LogP contribution < -0.4 is 0 Å². The van der Waals surface area contributed by atoms with Gasteiger partial charge in [-0.25, -0.2) is 4.79 Å². The molecule has 0 aliphatic rings. The Morgan fingerprint density at radius 2 is 2.11 bits per heavy atom. The van der Waals surface area contributed by atoms with Gasteiger partial charge in [-0.05, 0) is 43.3 Å². The average Bonchev–Trinajstić information content (AvgIpc) is 2.29. The molecule has 0 atom stereocenters. The normalized spacial score (nSPS) is 10.9. The van der Waals surface area contributed by atoms with Crippen molar-refractivity contribution in [3.8, 4) is 6.07 Å². The number of aryl methyl sites for hydroxylation is 1. The molecule has 7 heteroatoms. The van der Waals surface area contributed by atoms with E-state index in [4.69, 9.17) is 10.00 Å². The van der Waals surface area contributed by atoms with E-state index in [1.165, 1.54) is 6.07 Å². The fourth-order valence-corrected chi connectivity index (χ4v) is 2.06. The van der Waals surface area contributed by atoms with E-state index in [0.717, 1.165) is 6.07 Å². The van der Waals surface area contributed by atoms with Gasteiger partial charge >= 0.3 is 11.5 Å². The first-order chi connectivity index (χ1) is 8.78. The number of rotatable bonds is 3. The molecule has 0 N–H and O–H groups in total. The zero-order valence-electron chi connectivity index (χ0n) is 10.2. The Labute approximate surface area is 112 Å². The molecule has 1 aromatic rings. The number of hydrogen-bond donors (Lipinski definition) is 0. The molecule has 102 valence electrons. The van der Waals surface area contributed by atoms with Crippen LogP contribution in [0, 0.1) is 18.3 Å². The van der Waals surface area contributed by atoms with Crippen LogP contribution >= 0.6 is 11.8 Å². The van der Waals surface area contributed by atoms with Crippen molar-refractivity contribution < 1.29 is 22.7 Å². The number of esters is 1. The van der Waals surface area contributed by atoms with E-state index in [2.05, 4.69) is 0 Å². The van der Waals surface area contributed by atoms with Gasteiger partial charge in [0.2, 0.25) is 0 Å². The Bertz CT molecular complexity index is 535. The lowest BCUT2D eigenvalue weighted by atomic mass is 10.1. The minimum absolute atomic E-state index is 0.0635. The Balaban J connectivity index is 3.31. The highest BCUT2D eigenvalue weighted by molar-refractivity contribution is 8.00. The molecule has 0 heterocycles. The summed E-state index contributed by atoms with van der Waals surface area (Å²) in [4.78, 5) is 11.3. The summed E-state index contributed by atoms with van der Waals surface area (Å²) in [7, 11) is 0. The fourth-order valence-electron chi connectivity index (χ4n) is 1.39. The quantitative estimate of drug-likeness (QED) is 0.629. The van der Waals surface area contributed by atoms with Crippen LogP contribution in [0.2, 0.25) is 0 Å². The molecule has 0 spiro atoms. The van der Waals surface area contributed by atoms with Crippen molar-refractivity contribution >= 4 is 17.7 Å². The molecule has 0 saturated heterocycles. The van der Waals surface area contributed by atoms with E-state index in [9.17, 15) is 18.0 Å². The molecule has 1 aromatic carbocycles. The highest BCUT2D eigenvalue weighted by atomic mass is 32.2. The third-order valence-corrected chi connectivity index (χ3v) is 2.96. The van der Waals surface area contributed by atoms with Crippen molar-refractivity contribution in [2.45, 2.75) is 24.3 Å². The van der Waals surface area contributed by atoms with Crippen LogP contribution in [0.1, 0.15) is 28.4 Å². The van der Waals surface area contributed by atoms with Gasteiger partial charge in [-0.15, -0.1) is 0 Å². The van der Waals surface area contributed by atoms with Gasteiger partial charge in [-0.3, -0.25) is 0 Å². The third-order valence-electron chi connectivity index (χ3n) is 2.17. The molecule has 0 bridgehead atoms. The summed E-state index contributed by atoms with van der Waals surface area (Å²) >= 11 is -0.432. The van der Waals surface area contributed by atoms with E-state index in [-0.39, 0.29) is 22.6 Å². The second-order valence-corrected chi connectivity index (χ2v) is 4.65. The minimum Gasteiger partial charge on any atom is -0.462 e. The Morgan fingerprint density at radius 3 is 2.58 bits per heavy atom. The molecule has 0 radical (unpaired) electrons. The van der Waals surface area contributed by atoms with Crippen LogP contribution in [0.3, 0.4) is 0 Å². The predicted octanol–water partition coefficient (Wildman–Crippen LogP) is 3.66. The number of ether oxygens (including phenoxy) is 1. The van der Waals surface area contributed by atoms with Crippen LogP contribution in [0.4, 0.5) is 13.2 Å². The SMILES string of the molecule is CCOC(=O)c1cc(C)c(C#N)cc1SC(F)(F)F. The van der Waals surface area contributed by atoms with Crippen molar-refractivity contribution in [2.24, 2.45) is 0 Å². The number of carbonyl (C=O) groups is 1. The molecule has 0 aliphatic carbocycles. The highest BCUT2D eigenvalue weighted by Crippen LogP contribution is 2.39. The fraction of sp³-hybridized carbons (Fsp3) is 0.333. The Hall–Kier alpha value is -1.68. The van der Waals surface area contributed by atoms with Gasteiger partial charge in [0.1, 0.15) is 0 Å². The first-order valence-electron chi connectivity index (χ1n) is 5.26. The number of benzene rings is 1.